The Kier molecular flexibility index (Phi) is 5.61. The molecule has 1 aliphatic carbocycles. The largest absolute Gasteiger partial charge is 0.372 e. The Bertz CT molecular complexity index is 1200. The summed E-state index contributed by atoms with van der Waals surface area (Å²) in [5, 5.41) is 18.7. The zero-order valence-electron chi connectivity index (χ0n) is 18.6. The third kappa shape index (κ3) is 4.10. The monoisotopic (exact) mass is 445 g/mol. The van der Waals surface area contributed by atoms with Crippen LogP contribution in [0, 0.1) is 6.92 Å². The minimum absolute atomic E-state index is 0.501. The van der Waals surface area contributed by atoms with Gasteiger partial charge in [-0.3, -0.25) is 0 Å². The molecule has 2 aromatic carbocycles. The summed E-state index contributed by atoms with van der Waals surface area (Å²) in [4.78, 5) is 7.16. The van der Waals surface area contributed by atoms with Gasteiger partial charge in [0, 0.05) is 41.3 Å². The van der Waals surface area contributed by atoms with Gasteiger partial charge in [-0.1, -0.05) is 12.1 Å². The zero-order chi connectivity index (χ0) is 22.1. The molecule has 0 aliphatic heterocycles. The molecule has 2 heterocycles. The molecular formula is C24H27N7S. The maximum Gasteiger partial charge on any atom is 0.187 e. The Hall–Kier alpha value is -3.26. The Labute approximate surface area is 192 Å². The molecule has 0 saturated heterocycles. The number of hydrogen-bond donors (Lipinski definition) is 1. The van der Waals surface area contributed by atoms with Crippen LogP contribution in [0.25, 0.3) is 16.9 Å². The highest BCUT2D eigenvalue weighted by molar-refractivity contribution is 7.14. The average Bonchev–Trinajstić information content (AvgIpc) is 3.35. The summed E-state index contributed by atoms with van der Waals surface area (Å²) in [6.07, 6.45) is 2.34. The topological polar surface area (TPSA) is 71.8 Å². The molecular weight excluding hydrogens is 418 g/mol. The van der Waals surface area contributed by atoms with Gasteiger partial charge in [-0.2, -0.15) is 4.68 Å². The highest BCUT2D eigenvalue weighted by Gasteiger charge is 2.29. The van der Waals surface area contributed by atoms with Gasteiger partial charge >= 0.3 is 0 Å². The van der Waals surface area contributed by atoms with E-state index in [0.29, 0.717) is 5.92 Å². The van der Waals surface area contributed by atoms with E-state index in [4.69, 9.17) is 4.98 Å². The summed E-state index contributed by atoms with van der Waals surface area (Å²) >= 11 is 1.61. The van der Waals surface area contributed by atoms with Gasteiger partial charge < -0.3 is 10.2 Å². The summed E-state index contributed by atoms with van der Waals surface area (Å²) in [5.41, 5.74) is 6.57. The van der Waals surface area contributed by atoms with Crippen molar-refractivity contribution in [1.82, 2.24) is 25.2 Å². The first kappa shape index (κ1) is 20.6. The fourth-order valence-electron chi connectivity index (χ4n) is 3.90. The Morgan fingerprint density at radius 3 is 2.56 bits per heavy atom. The van der Waals surface area contributed by atoms with E-state index in [0.717, 1.165) is 46.7 Å². The van der Waals surface area contributed by atoms with Gasteiger partial charge in [0.15, 0.2) is 11.0 Å². The lowest BCUT2D eigenvalue weighted by Crippen LogP contribution is -2.21. The number of anilines is 3. The molecule has 0 radical (unpaired) electrons. The van der Waals surface area contributed by atoms with Crippen molar-refractivity contribution in [2.24, 2.45) is 0 Å². The first-order valence-electron chi connectivity index (χ1n) is 11.1. The van der Waals surface area contributed by atoms with Crippen LogP contribution in [0.4, 0.5) is 16.5 Å². The number of tetrazole rings is 1. The quantitative estimate of drug-likeness (QED) is 0.383. The van der Waals surface area contributed by atoms with Crippen LogP contribution in [-0.2, 0) is 0 Å². The fraction of sp³-hybridized carbons (Fsp3) is 0.333. The van der Waals surface area contributed by atoms with Crippen molar-refractivity contribution in [3.8, 4) is 16.9 Å². The molecule has 0 unspecified atom stereocenters. The van der Waals surface area contributed by atoms with Crippen LogP contribution in [0.5, 0.6) is 0 Å². The SMILES string of the molecule is CCN(CC)c1ccc(Nc2nc(-c3ccc(-n4nnnc4C4CC4)cc3)cs2)c(C)c1. The molecule has 1 saturated carbocycles. The molecule has 2 aromatic heterocycles. The van der Waals surface area contributed by atoms with Gasteiger partial charge in [0.1, 0.15) is 0 Å². The van der Waals surface area contributed by atoms with Crippen molar-refractivity contribution in [2.45, 2.75) is 39.5 Å². The Balaban J connectivity index is 1.31. The zero-order valence-corrected chi connectivity index (χ0v) is 19.4. The number of benzene rings is 2. The summed E-state index contributed by atoms with van der Waals surface area (Å²) in [7, 11) is 0. The molecule has 0 amide bonds. The van der Waals surface area contributed by atoms with E-state index in [1.807, 2.05) is 4.68 Å². The molecule has 5 rings (SSSR count). The third-order valence-electron chi connectivity index (χ3n) is 5.93. The highest BCUT2D eigenvalue weighted by Crippen LogP contribution is 2.39. The van der Waals surface area contributed by atoms with E-state index in [1.54, 1.807) is 11.3 Å². The van der Waals surface area contributed by atoms with E-state index in [-0.39, 0.29) is 0 Å². The van der Waals surface area contributed by atoms with E-state index in [1.165, 1.54) is 24.1 Å². The van der Waals surface area contributed by atoms with Gasteiger partial charge in [0.25, 0.3) is 0 Å². The molecule has 32 heavy (non-hydrogen) atoms. The Morgan fingerprint density at radius 1 is 1.09 bits per heavy atom. The van der Waals surface area contributed by atoms with Crippen LogP contribution in [-0.4, -0.2) is 38.3 Å². The van der Waals surface area contributed by atoms with Crippen molar-refractivity contribution in [3.05, 3.63) is 59.2 Å². The lowest BCUT2D eigenvalue weighted by atomic mass is 10.1. The van der Waals surface area contributed by atoms with Crippen molar-refractivity contribution < 1.29 is 0 Å². The number of hydrogen-bond acceptors (Lipinski definition) is 7. The van der Waals surface area contributed by atoms with Gasteiger partial charge in [-0.05, 0) is 79.9 Å². The van der Waals surface area contributed by atoms with Gasteiger partial charge in [-0.25, -0.2) is 4.98 Å². The van der Waals surface area contributed by atoms with Crippen LogP contribution in [0.1, 0.15) is 44.0 Å². The highest BCUT2D eigenvalue weighted by atomic mass is 32.1. The first-order valence-corrected chi connectivity index (χ1v) is 12.0. The van der Waals surface area contributed by atoms with Crippen LogP contribution >= 0.6 is 11.3 Å². The van der Waals surface area contributed by atoms with Crippen molar-refractivity contribution in [2.75, 3.05) is 23.3 Å². The van der Waals surface area contributed by atoms with Crippen molar-refractivity contribution >= 4 is 27.8 Å². The number of nitrogens with one attached hydrogen (secondary N) is 1. The number of nitrogens with zero attached hydrogens (tertiary/aromatic N) is 6. The second kappa shape index (κ2) is 8.70. The number of aromatic nitrogens is 5. The predicted molar refractivity (Wildman–Crippen MR) is 130 cm³/mol. The second-order valence-electron chi connectivity index (χ2n) is 8.10. The van der Waals surface area contributed by atoms with Crippen LogP contribution < -0.4 is 10.2 Å². The van der Waals surface area contributed by atoms with Crippen LogP contribution in [0.15, 0.2) is 47.8 Å². The molecule has 7 nitrogen and oxygen atoms in total. The van der Waals surface area contributed by atoms with Crippen molar-refractivity contribution in [1.29, 1.82) is 0 Å². The smallest absolute Gasteiger partial charge is 0.187 e. The molecule has 0 bridgehead atoms. The molecule has 4 aromatic rings. The van der Waals surface area contributed by atoms with Crippen molar-refractivity contribution in [3.63, 3.8) is 0 Å². The van der Waals surface area contributed by atoms with E-state index in [9.17, 15) is 0 Å². The van der Waals surface area contributed by atoms with E-state index < -0.39 is 0 Å². The second-order valence-corrected chi connectivity index (χ2v) is 8.96. The average molecular weight is 446 g/mol. The van der Waals surface area contributed by atoms with Gasteiger partial charge in [0.05, 0.1) is 11.4 Å². The van der Waals surface area contributed by atoms with E-state index in [2.05, 4.69) is 94.4 Å². The predicted octanol–water partition coefficient (Wildman–Crippen LogP) is 5.56. The fourth-order valence-corrected chi connectivity index (χ4v) is 4.63. The molecule has 1 fully saturated rings. The third-order valence-corrected chi connectivity index (χ3v) is 6.69. The van der Waals surface area contributed by atoms with Gasteiger partial charge in [-0.15, -0.1) is 16.4 Å². The molecule has 1 aliphatic rings. The lowest BCUT2D eigenvalue weighted by Gasteiger charge is -2.22. The molecule has 8 heteroatoms. The standard InChI is InChI=1S/C24H27N7S/c1-4-30(5-2)20-12-13-21(16(3)14-20)25-24-26-22(15-32-24)17-8-10-19(11-9-17)31-23(18-6-7-18)27-28-29-31/h8-15,18H,4-7H2,1-3H3,(H,25,26). The van der Waals surface area contributed by atoms with Crippen LogP contribution in [0.3, 0.4) is 0 Å². The van der Waals surface area contributed by atoms with Crippen LogP contribution in [0.2, 0.25) is 0 Å². The van der Waals surface area contributed by atoms with E-state index >= 15 is 0 Å². The maximum atomic E-state index is 4.80. The molecule has 164 valence electrons. The molecule has 0 atom stereocenters. The minimum atomic E-state index is 0.501. The maximum absolute atomic E-state index is 4.80. The molecule has 1 N–H and O–H groups in total. The first-order chi connectivity index (χ1) is 15.7. The molecule has 0 spiro atoms. The Morgan fingerprint density at radius 2 is 1.88 bits per heavy atom. The number of rotatable bonds is 8. The minimum Gasteiger partial charge on any atom is -0.372 e. The van der Waals surface area contributed by atoms with Gasteiger partial charge in [0.2, 0.25) is 0 Å². The summed E-state index contributed by atoms with van der Waals surface area (Å²) in [5.74, 6) is 1.46. The summed E-state index contributed by atoms with van der Waals surface area (Å²) in [6, 6.07) is 14.8. The summed E-state index contributed by atoms with van der Waals surface area (Å²) in [6.45, 7) is 8.52. The normalized spacial score (nSPS) is 13.3. The summed E-state index contributed by atoms with van der Waals surface area (Å²) < 4.78 is 1.85. The number of aryl methyl sites for hydroxylation is 1. The lowest BCUT2D eigenvalue weighted by molar-refractivity contribution is 0.763. The number of thiazole rings is 1.